The predicted molar refractivity (Wildman–Crippen MR) is 112 cm³/mol. The second kappa shape index (κ2) is 9.43. The van der Waals surface area contributed by atoms with Crippen LogP contribution in [0.5, 0.6) is 5.75 Å². The molecule has 1 unspecified atom stereocenters. The largest absolute Gasteiger partial charge is 0.480 e. The third kappa shape index (κ3) is 4.67. The van der Waals surface area contributed by atoms with Crippen molar-refractivity contribution in [2.75, 3.05) is 13.1 Å². The Morgan fingerprint density at radius 1 is 1.36 bits per heavy atom. The number of ether oxygens (including phenoxy) is 1. The van der Waals surface area contributed by atoms with Crippen molar-refractivity contribution in [1.29, 1.82) is 0 Å². The molecule has 2 N–H and O–H groups in total. The van der Waals surface area contributed by atoms with E-state index < -0.39 is 6.10 Å². The number of carbonyl (C=O) groups excluding carboxylic acids is 1. The lowest BCUT2D eigenvalue weighted by Crippen LogP contribution is -2.47. The summed E-state index contributed by atoms with van der Waals surface area (Å²) >= 11 is 0. The molecule has 1 saturated heterocycles. The van der Waals surface area contributed by atoms with Gasteiger partial charge in [-0.15, -0.1) is 12.4 Å². The average Bonchev–Trinajstić information content (AvgIpc) is 2.64. The molecule has 1 aliphatic rings. The fourth-order valence-electron chi connectivity index (χ4n) is 3.63. The maximum atomic E-state index is 12.7. The van der Waals surface area contributed by atoms with Crippen molar-refractivity contribution < 1.29 is 13.9 Å². The van der Waals surface area contributed by atoms with Crippen molar-refractivity contribution in [2.24, 2.45) is 5.73 Å². The molecule has 2 aromatic rings. The van der Waals surface area contributed by atoms with E-state index in [4.69, 9.17) is 14.9 Å². The molecule has 1 aromatic heterocycles. The van der Waals surface area contributed by atoms with Crippen molar-refractivity contribution in [3.8, 4) is 5.75 Å². The lowest BCUT2D eigenvalue weighted by atomic mass is 10.0. The smallest absolute Gasteiger partial charge is 0.336 e. The fourth-order valence-corrected chi connectivity index (χ4v) is 3.63. The standard InChI is InChI=1S/C21H28N2O4.ClH/c1-4-5-15-12-19(24)27-20-13(2)18(7-6-17(15)20)26-14(3)21(25)23-10-8-16(22)9-11-23;/h6-7,12,14,16H,4-5,8-11,22H2,1-3H3;1H. The number of nitrogens with two attached hydrogens (primary N) is 1. The summed E-state index contributed by atoms with van der Waals surface area (Å²) in [6.07, 6.45) is 2.78. The second-order valence-corrected chi connectivity index (χ2v) is 7.33. The molecule has 28 heavy (non-hydrogen) atoms. The second-order valence-electron chi connectivity index (χ2n) is 7.33. The number of hydrogen-bond acceptors (Lipinski definition) is 5. The zero-order valence-corrected chi connectivity index (χ0v) is 17.5. The SMILES string of the molecule is CCCc1cc(=O)oc2c(C)c(OC(C)C(=O)N3CCC(N)CC3)ccc12.Cl. The van der Waals surface area contributed by atoms with Gasteiger partial charge in [0.1, 0.15) is 11.3 Å². The van der Waals surface area contributed by atoms with Crippen molar-refractivity contribution in [3.05, 3.63) is 39.7 Å². The van der Waals surface area contributed by atoms with Gasteiger partial charge in [0.25, 0.3) is 5.91 Å². The molecule has 0 spiro atoms. The fraction of sp³-hybridized carbons (Fsp3) is 0.524. The van der Waals surface area contributed by atoms with E-state index in [1.807, 2.05) is 24.0 Å². The van der Waals surface area contributed by atoms with Crippen molar-refractivity contribution >= 4 is 29.3 Å². The Bertz CT molecular complexity index is 888. The molecule has 1 fully saturated rings. The lowest BCUT2D eigenvalue weighted by Gasteiger charge is -2.32. The highest BCUT2D eigenvalue weighted by Crippen LogP contribution is 2.30. The summed E-state index contributed by atoms with van der Waals surface area (Å²) in [6, 6.07) is 5.49. The molecule has 1 amide bonds. The summed E-state index contributed by atoms with van der Waals surface area (Å²) in [7, 11) is 0. The van der Waals surface area contributed by atoms with Crippen molar-refractivity contribution in [2.45, 2.75) is 58.6 Å². The molecule has 154 valence electrons. The quantitative estimate of drug-likeness (QED) is 0.768. The molecule has 3 rings (SSSR count). The highest BCUT2D eigenvalue weighted by atomic mass is 35.5. The molecule has 7 heteroatoms. The number of carbonyl (C=O) groups is 1. The Morgan fingerprint density at radius 3 is 2.68 bits per heavy atom. The number of likely N-dealkylation sites (tertiary alicyclic amines) is 1. The number of aryl methyl sites for hydroxylation is 2. The van der Waals surface area contributed by atoms with Gasteiger partial charge in [0.2, 0.25) is 0 Å². The first kappa shape index (κ1) is 22.2. The topological polar surface area (TPSA) is 85.8 Å². The molecule has 0 aliphatic carbocycles. The number of hydrogen-bond donors (Lipinski definition) is 1. The van der Waals surface area contributed by atoms with Crippen LogP contribution < -0.4 is 16.1 Å². The molecule has 1 aliphatic heterocycles. The molecule has 0 saturated carbocycles. The molecule has 0 radical (unpaired) electrons. The number of nitrogens with zero attached hydrogens (tertiary/aromatic N) is 1. The minimum atomic E-state index is -0.610. The van der Waals surface area contributed by atoms with E-state index in [1.54, 1.807) is 13.0 Å². The summed E-state index contributed by atoms with van der Waals surface area (Å²) in [5.41, 5.74) is 7.80. The van der Waals surface area contributed by atoms with Crippen LogP contribution in [0.3, 0.4) is 0 Å². The third-order valence-corrected chi connectivity index (χ3v) is 5.22. The van der Waals surface area contributed by atoms with Crippen LogP contribution >= 0.6 is 12.4 Å². The molecule has 2 heterocycles. The van der Waals surface area contributed by atoms with E-state index in [1.165, 1.54) is 0 Å². The highest BCUT2D eigenvalue weighted by molar-refractivity contribution is 5.86. The van der Waals surface area contributed by atoms with Crippen LogP contribution in [0.1, 0.15) is 44.2 Å². The number of halogens is 1. The van der Waals surface area contributed by atoms with Gasteiger partial charge in [-0.2, -0.15) is 0 Å². The number of fused-ring (bicyclic) bond motifs is 1. The molecule has 1 atom stereocenters. The maximum absolute atomic E-state index is 12.7. The predicted octanol–water partition coefficient (Wildman–Crippen LogP) is 3.19. The average molecular weight is 409 g/mol. The normalized spacial score (nSPS) is 15.9. The van der Waals surface area contributed by atoms with E-state index in [0.29, 0.717) is 24.4 Å². The Morgan fingerprint density at radius 2 is 2.04 bits per heavy atom. The summed E-state index contributed by atoms with van der Waals surface area (Å²) in [5, 5.41) is 0.922. The minimum Gasteiger partial charge on any atom is -0.480 e. The third-order valence-electron chi connectivity index (χ3n) is 5.22. The summed E-state index contributed by atoms with van der Waals surface area (Å²) in [5.74, 6) is 0.524. The maximum Gasteiger partial charge on any atom is 0.336 e. The first-order valence-corrected chi connectivity index (χ1v) is 9.68. The Kier molecular flexibility index (Phi) is 7.49. The van der Waals surface area contributed by atoms with E-state index >= 15 is 0 Å². The van der Waals surface area contributed by atoms with Crippen LogP contribution in [0, 0.1) is 6.92 Å². The summed E-state index contributed by atoms with van der Waals surface area (Å²) in [6.45, 7) is 7.02. The number of piperidine rings is 1. The Hall–Kier alpha value is -2.05. The monoisotopic (exact) mass is 408 g/mol. The van der Waals surface area contributed by atoms with Crippen LogP contribution in [0.15, 0.2) is 27.4 Å². The summed E-state index contributed by atoms with van der Waals surface area (Å²) in [4.78, 5) is 26.4. The Labute approximate surface area is 171 Å². The summed E-state index contributed by atoms with van der Waals surface area (Å²) < 4.78 is 11.4. The van der Waals surface area contributed by atoms with Crippen LogP contribution in [-0.2, 0) is 11.2 Å². The van der Waals surface area contributed by atoms with Crippen molar-refractivity contribution in [1.82, 2.24) is 4.90 Å². The molecular formula is C21H29ClN2O4. The van der Waals surface area contributed by atoms with Gasteiger partial charge in [0.05, 0.1) is 0 Å². The zero-order chi connectivity index (χ0) is 19.6. The first-order valence-electron chi connectivity index (χ1n) is 9.68. The number of rotatable bonds is 5. The zero-order valence-electron chi connectivity index (χ0n) is 16.7. The van der Waals surface area contributed by atoms with Gasteiger partial charge in [-0.1, -0.05) is 13.3 Å². The van der Waals surface area contributed by atoms with E-state index in [-0.39, 0.29) is 30.0 Å². The van der Waals surface area contributed by atoms with Crippen LogP contribution in [0.4, 0.5) is 0 Å². The molecule has 1 aromatic carbocycles. The van der Waals surface area contributed by atoms with Crippen molar-refractivity contribution in [3.63, 3.8) is 0 Å². The van der Waals surface area contributed by atoms with Gasteiger partial charge < -0.3 is 19.8 Å². The van der Waals surface area contributed by atoms with Crippen LogP contribution in [0.25, 0.3) is 11.0 Å². The molecular weight excluding hydrogens is 380 g/mol. The number of amides is 1. The van der Waals surface area contributed by atoms with Crippen LogP contribution in [0.2, 0.25) is 0 Å². The van der Waals surface area contributed by atoms with Gasteiger partial charge in [0.15, 0.2) is 6.10 Å². The van der Waals surface area contributed by atoms with E-state index in [2.05, 4.69) is 6.92 Å². The molecule has 6 nitrogen and oxygen atoms in total. The lowest BCUT2D eigenvalue weighted by molar-refractivity contribution is -0.139. The molecule has 0 bridgehead atoms. The first-order chi connectivity index (χ1) is 12.9. The van der Waals surface area contributed by atoms with Gasteiger partial charge in [-0.05, 0) is 50.8 Å². The minimum absolute atomic E-state index is 0. The van der Waals surface area contributed by atoms with Crippen LogP contribution in [-0.4, -0.2) is 36.0 Å². The Balaban J connectivity index is 0.00000280. The van der Waals surface area contributed by atoms with E-state index in [9.17, 15) is 9.59 Å². The van der Waals surface area contributed by atoms with Gasteiger partial charge in [-0.3, -0.25) is 4.79 Å². The van der Waals surface area contributed by atoms with Gasteiger partial charge >= 0.3 is 5.63 Å². The number of benzene rings is 1. The highest BCUT2D eigenvalue weighted by Gasteiger charge is 2.26. The van der Waals surface area contributed by atoms with Gasteiger partial charge in [-0.25, -0.2) is 4.79 Å². The van der Waals surface area contributed by atoms with Gasteiger partial charge in [0, 0.05) is 36.1 Å². The van der Waals surface area contributed by atoms with E-state index in [0.717, 1.165) is 42.2 Å².